The summed E-state index contributed by atoms with van der Waals surface area (Å²) in [6, 6.07) is 4.19. The van der Waals surface area contributed by atoms with Crippen molar-refractivity contribution in [1.82, 2.24) is 9.80 Å². The molecule has 0 saturated carbocycles. The minimum Gasteiger partial charge on any atom is -0.339 e. The summed E-state index contributed by atoms with van der Waals surface area (Å²) < 4.78 is 25.7. The van der Waals surface area contributed by atoms with Crippen molar-refractivity contribution in [2.24, 2.45) is 5.41 Å². The van der Waals surface area contributed by atoms with Crippen LogP contribution in [-0.4, -0.2) is 67.9 Å². The van der Waals surface area contributed by atoms with Gasteiger partial charge in [-0.15, -0.1) is 0 Å². The summed E-state index contributed by atoms with van der Waals surface area (Å²) in [6.45, 7) is 6.18. The van der Waals surface area contributed by atoms with Gasteiger partial charge in [-0.3, -0.25) is 14.4 Å². The van der Waals surface area contributed by atoms with Gasteiger partial charge in [0.25, 0.3) is 5.91 Å². The van der Waals surface area contributed by atoms with Crippen LogP contribution >= 0.6 is 11.6 Å². The Morgan fingerprint density at radius 1 is 1.07 bits per heavy atom. The van der Waals surface area contributed by atoms with Crippen molar-refractivity contribution >= 4 is 45.0 Å². The van der Waals surface area contributed by atoms with E-state index >= 15 is 0 Å². The molecule has 2 heterocycles. The summed E-state index contributed by atoms with van der Waals surface area (Å²) in [6.07, 6.45) is 0. The molecule has 2 fully saturated rings. The molecular formula is C18H22ClN3O5S. The fourth-order valence-corrected chi connectivity index (χ4v) is 5.76. The standard InChI is InChI=1S/C18H22ClN3O5S/c1-12(23)20-6-8-21(9-7-20)16(24)14-10-13(4-5-15(14)19)22-17(25)18(2,3)11-28(22,26)27/h4-5,10H,6-9,11H2,1-3H3. The molecule has 28 heavy (non-hydrogen) atoms. The minimum atomic E-state index is -3.82. The summed E-state index contributed by atoms with van der Waals surface area (Å²) in [5, 5.41) is 0.172. The van der Waals surface area contributed by atoms with E-state index in [1.165, 1.54) is 25.1 Å². The first kappa shape index (κ1) is 20.6. The number of halogens is 1. The number of nitrogens with zero attached hydrogens (tertiary/aromatic N) is 3. The topological polar surface area (TPSA) is 95.1 Å². The highest BCUT2D eigenvalue weighted by molar-refractivity contribution is 7.94. The maximum Gasteiger partial charge on any atom is 0.255 e. The van der Waals surface area contributed by atoms with Crippen LogP contribution < -0.4 is 4.31 Å². The fourth-order valence-electron chi connectivity index (χ4n) is 3.46. The molecular weight excluding hydrogens is 406 g/mol. The molecule has 0 bridgehead atoms. The zero-order chi connectivity index (χ0) is 20.9. The molecule has 3 amide bonds. The van der Waals surface area contributed by atoms with Gasteiger partial charge in [0.2, 0.25) is 21.8 Å². The monoisotopic (exact) mass is 427 g/mol. The summed E-state index contributed by atoms with van der Waals surface area (Å²) in [7, 11) is -3.82. The molecule has 2 aliphatic rings. The van der Waals surface area contributed by atoms with Crippen LogP contribution in [0.2, 0.25) is 5.02 Å². The lowest BCUT2D eigenvalue weighted by atomic mass is 9.95. The molecule has 0 spiro atoms. The van der Waals surface area contributed by atoms with Gasteiger partial charge < -0.3 is 9.80 Å². The summed E-state index contributed by atoms with van der Waals surface area (Å²) >= 11 is 6.19. The second-order valence-electron chi connectivity index (χ2n) is 7.67. The van der Waals surface area contributed by atoms with Crippen LogP contribution in [0.15, 0.2) is 18.2 Å². The third-order valence-electron chi connectivity index (χ3n) is 5.01. The van der Waals surface area contributed by atoms with Gasteiger partial charge in [0.1, 0.15) is 0 Å². The minimum absolute atomic E-state index is 0.0486. The number of piperazine rings is 1. The summed E-state index contributed by atoms with van der Waals surface area (Å²) in [4.78, 5) is 40.2. The van der Waals surface area contributed by atoms with Crippen molar-refractivity contribution in [3.63, 3.8) is 0 Å². The van der Waals surface area contributed by atoms with E-state index in [9.17, 15) is 22.8 Å². The van der Waals surface area contributed by atoms with Gasteiger partial charge in [0.05, 0.1) is 27.4 Å². The van der Waals surface area contributed by atoms with E-state index in [0.29, 0.717) is 26.2 Å². The van der Waals surface area contributed by atoms with Crippen LogP contribution in [-0.2, 0) is 19.6 Å². The zero-order valence-corrected chi connectivity index (χ0v) is 17.5. The SMILES string of the molecule is CC(=O)N1CCN(C(=O)c2cc(N3C(=O)C(C)(C)CS3(=O)=O)ccc2Cl)CC1. The highest BCUT2D eigenvalue weighted by atomic mass is 35.5. The van der Waals surface area contributed by atoms with E-state index in [1.54, 1.807) is 23.6 Å². The van der Waals surface area contributed by atoms with Crippen molar-refractivity contribution in [3.05, 3.63) is 28.8 Å². The highest BCUT2D eigenvalue weighted by Crippen LogP contribution is 2.37. The molecule has 8 nitrogen and oxygen atoms in total. The smallest absolute Gasteiger partial charge is 0.255 e. The third kappa shape index (κ3) is 3.60. The Bertz CT molecular complexity index is 952. The largest absolute Gasteiger partial charge is 0.339 e. The van der Waals surface area contributed by atoms with Crippen LogP contribution in [0, 0.1) is 5.41 Å². The quantitative estimate of drug-likeness (QED) is 0.709. The van der Waals surface area contributed by atoms with Gasteiger partial charge in [0.15, 0.2) is 0 Å². The average Bonchev–Trinajstić information content (AvgIpc) is 2.78. The summed E-state index contributed by atoms with van der Waals surface area (Å²) in [5.41, 5.74) is -0.806. The van der Waals surface area contributed by atoms with Gasteiger partial charge in [-0.1, -0.05) is 11.6 Å². The lowest BCUT2D eigenvalue weighted by molar-refractivity contribution is -0.130. The zero-order valence-electron chi connectivity index (χ0n) is 15.9. The number of anilines is 1. The number of hydrogen-bond donors (Lipinski definition) is 0. The van der Waals surface area contributed by atoms with Crippen LogP contribution in [0.3, 0.4) is 0 Å². The van der Waals surface area contributed by atoms with Crippen molar-refractivity contribution in [3.8, 4) is 0 Å². The van der Waals surface area contributed by atoms with Crippen LogP contribution in [0.4, 0.5) is 5.69 Å². The number of sulfonamides is 1. The second kappa shape index (κ2) is 7.04. The Morgan fingerprint density at radius 3 is 2.14 bits per heavy atom. The average molecular weight is 428 g/mol. The first-order valence-corrected chi connectivity index (χ1v) is 10.8. The van der Waals surface area contributed by atoms with E-state index < -0.39 is 21.3 Å². The van der Waals surface area contributed by atoms with E-state index in [4.69, 9.17) is 11.6 Å². The first-order valence-electron chi connectivity index (χ1n) is 8.86. The molecule has 152 valence electrons. The molecule has 3 rings (SSSR count). The van der Waals surface area contributed by atoms with Crippen LogP contribution in [0.1, 0.15) is 31.1 Å². The Labute approximate surface area is 169 Å². The van der Waals surface area contributed by atoms with Crippen molar-refractivity contribution in [2.75, 3.05) is 36.2 Å². The lowest BCUT2D eigenvalue weighted by Crippen LogP contribution is -2.50. The number of rotatable bonds is 2. The molecule has 10 heteroatoms. The van der Waals surface area contributed by atoms with E-state index in [0.717, 1.165) is 4.31 Å². The summed E-state index contributed by atoms with van der Waals surface area (Å²) in [5.74, 6) is -1.24. The molecule has 0 aromatic heterocycles. The maximum absolute atomic E-state index is 12.9. The molecule has 0 radical (unpaired) electrons. The maximum atomic E-state index is 12.9. The van der Waals surface area contributed by atoms with Crippen molar-refractivity contribution in [1.29, 1.82) is 0 Å². The third-order valence-corrected chi connectivity index (χ3v) is 7.36. The normalized spacial score (nSPS) is 21.1. The molecule has 0 aliphatic carbocycles. The predicted molar refractivity (Wildman–Crippen MR) is 105 cm³/mol. The Balaban J connectivity index is 1.90. The van der Waals surface area contributed by atoms with Crippen molar-refractivity contribution < 1.29 is 22.8 Å². The van der Waals surface area contributed by atoms with Crippen LogP contribution in [0.25, 0.3) is 0 Å². The van der Waals surface area contributed by atoms with E-state index in [2.05, 4.69) is 0 Å². The molecule has 0 N–H and O–H groups in total. The van der Waals surface area contributed by atoms with Crippen LogP contribution in [0.5, 0.6) is 0 Å². The Morgan fingerprint density at radius 2 is 1.64 bits per heavy atom. The predicted octanol–water partition coefficient (Wildman–Crippen LogP) is 1.35. The van der Waals surface area contributed by atoms with Gasteiger partial charge in [-0.2, -0.15) is 0 Å². The van der Waals surface area contributed by atoms with E-state index in [1.807, 2.05) is 0 Å². The van der Waals surface area contributed by atoms with E-state index in [-0.39, 0.29) is 33.8 Å². The second-order valence-corrected chi connectivity index (χ2v) is 9.90. The van der Waals surface area contributed by atoms with Gasteiger partial charge in [-0.25, -0.2) is 12.7 Å². The lowest BCUT2D eigenvalue weighted by Gasteiger charge is -2.34. The Hall–Kier alpha value is -2.13. The number of benzene rings is 1. The van der Waals surface area contributed by atoms with Gasteiger partial charge >= 0.3 is 0 Å². The number of carbonyl (C=O) groups is 3. The van der Waals surface area contributed by atoms with Gasteiger partial charge in [-0.05, 0) is 32.0 Å². The van der Waals surface area contributed by atoms with Gasteiger partial charge in [0, 0.05) is 33.1 Å². The molecule has 2 saturated heterocycles. The number of amides is 3. The van der Waals surface area contributed by atoms with Crippen molar-refractivity contribution in [2.45, 2.75) is 20.8 Å². The number of hydrogen-bond acceptors (Lipinski definition) is 5. The highest BCUT2D eigenvalue weighted by Gasteiger charge is 2.50. The molecule has 0 atom stereocenters. The Kier molecular flexibility index (Phi) is 5.18. The molecule has 0 unspecified atom stereocenters. The fraction of sp³-hybridized carbons (Fsp3) is 0.500. The number of carbonyl (C=O) groups excluding carboxylic acids is 3. The molecule has 2 aliphatic heterocycles. The molecule has 1 aromatic carbocycles. The molecule has 1 aromatic rings. The first-order chi connectivity index (χ1) is 12.9.